The minimum absolute atomic E-state index is 0.176. The van der Waals surface area contributed by atoms with E-state index in [1.807, 2.05) is 16.8 Å². The molecule has 0 fully saturated rings. The number of hydrogen-bond donors (Lipinski definition) is 1. The van der Waals surface area contributed by atoms with Gasteiger partial charge in [-0.05, 0) is 23.6 Å². The highest BCUT2D eigenvalue weighted by Gasteiger charge is 2.11. The molecule has 0 aliphatic heterocycles. The van der Waals surface area contributed by atoms with Crippen LogP contribution in [0.1, 0.15) is 12.3 Å². The van der Waals surface area contributed by atoms with Crippen molar-refractivity contribution in [2.75, 3.05) is 5.32 Å². The molecule has 3 aromatic heterocycles. The molecule has 0 atom stereocenters. The van der Waals surface area contributed by atoms with Crippen molar-refractivity contribution in [1.29, 1.82) is 0 Å². The zero-order chi connectivity index (χ0) is 15.4. The number of pyridine rings is 1. The van der Waals surface area contributed by atoms with Crippen LogP contribution in [0.2, 0.25) is 5.02 Å². The number of aromatic nitrogens is 3. The molecule has 1 N–H and O–H groups in total. The first-order chi connectivity index (χ1) is 10.7. The van der Waals surface area contributed by atoms with E-state index in [1.54, 1.807) is 23.5 Å². The zero-order valence-electron chi connectivity index (χ0n) is 11.3. The monoisotopic (exact) mass is 334 g/mol. The molecule has 0 radical (unpaired) electrons. The molecule has 112 valence electrons. The number of halogens is 1. The lowest BCUT2D eigenvalue weighted by atomic mass is 10.3. The smallest absolute Gasteiger partial charge is 0.227 e. The van der Waals surface area contributed by atoms with Gasteiger partial charge in [-0.15, -0.1) is 0 Å². The molecular formula is C14H11ClN4O2S. The molecule has 22 heavy (non-hydrogen) atoms. The van der Waals surface area contributed by atoms with Crippen LogP contribution in [0.3, 0.4) is 0 Å². The Kier molecular flexibility index (Phi) is 4.45. The number of thiophene rings is 1. The molecule has 0 aromatic carbocycles. The van der Waals surface area contributed by atoms with Crippen molar-refractivity contribution in [2.24, 2.45) is 0 Å². The standard InChI is InChI=1S/C14H11ClN4O2S/c15-10-1-2-11(16-7-10)17-12(20)3-4-13-18-14(19-21-13)9-5-6-22-8-9/h1-2,5-8H,3-4H2,(H,16,17,20). The molecule has 3 rings (SSSR count). The van der Waals surface area contributed by atoms with E-state index in [0.717, 1.165) is 5.56 Å². The summed E-state index contributed by atoms with van der Waals surface area (Å²) in [5.41, 5.74) is 0.912. The average Bonchev–Trinajstić information content (AvgIpc) is 3.18. The average molecular weight is 335 g/mol. The Bertz CT molecular complexity index is 756. The van der Waals surface area contributed by atoms with Gasteiger partial charge in [-0.1, -0.05) is 16.8 Å². The summed E-state index contributed by atoms with van der Waals surface area (Å²) in [6.45, 7) is 0. The van der Waals surface area contributed by atoms with E-state index in [-0.39, 0.29) is 12.3 Å². The molecule has 6 nitrogen and oxygen atoms in total. The zero-order valence-corrected chi connectivity index (χ0v) is 12.9. The van der Waals surface area contributed by atoms with Gasteiger partial charge >= 0.3 is 0 Å². The molecule has 0 aliphatic rings. The Balaban J connectivity index is 1.54. The molecule has 0 saturated carbocycles. The quantitative estimate of drug-likeness (QED) is 0.773. The van der Waals surface area contributed by atoms with Gasteiger partial charge in [0.15, 0.2) is 0 Å². The maximum Gasteiger partial charge on any atom is 0.227 e. The minimum atomic E-state index is -0.176. The van der Waals surface area contributed by atoms with E-state index in [1.165, 1.54) is 6.20 Å². The summed E-state index contributed by atoms with van der Waals surface area (Å²) in [5.74, 6) is 1.25. The third-order valence-electron chi connectivity index (χ3n) is 2.81. The highest BCUT2D eigenvalue weighted by atomic mass is 35.5. The lowest BCUT2D eigenvalue weighted by Gasteiger charge is -2.02. The van der Waals surface area contributed by atoms with Gasteiger partial charge in [0.05, 0.1) is 5.02 Å². The van der Waals surface area contributed by atoms with Crippen LogP contribution in [0.25, 0.3) is 11.4 Å². The lowest BCUT2D eigenvalue weighted by molar-refractivity contribution is -0.116. The van der Waals surface area contributed by atoms with Gasteiger partial charge in [0.2, 0.25) is 17.6 Å². The molecule has 0 saturated heterocycles. The van der Waals surface area contributed by atoms with Crippen molar-refractivity contribution in [3.05, 3.63) is 46.1 Å². The van der Waals surface area contributed by atoms with Crippen molar-refractivity contribution in [2.45, 2.75) is 12.8 Å². The van der Waals surface area contributed by atoms with Gasteiger partial charge in [0.1, 0.15) is 5.82 Å². The first-order valence-corrected chi connectivity index (χ1v) is 7.79. The maximum absolute atomic E-state index is 11.8. The van der Waals surface area contributed by atoms with Crippen LogP contribution in [-0.2, 0) is 11.2 Å². The molecule has 3 heterocycles. The van der Waals surface area contributed by atoms with Gasteiger partial charge in [0.25, 0.3) is 0 Å². The maximum atomic E-state index is 11.8. The fourth-order valence-corrected chi connectivity index (χ4v) is 2.49. The number of aryl methyl sites for hydroxylation is 1. The van der Waals surface area contributed by atoms with E-state index < -0.39 is 0 Å². The second kappa shape index (κ2) is 6.67. The Morgan fingerprint density at radius 1 is 1.36 bits per heavy atom. The number of carbonyl (C=O) groups excluding carboxylic acids is 1. The molecule has 0 aliphatic carbocycles. The van der Waals surface area contributed by atoms with Gasteiger partial charge in [-0.3, -0.25) is 4.79 Å². The summed E-state index contributed by atoms with van der Waals surface area (Å²) in [6, 6.07) is 5.22. The normalized spacial score (nSPS) is 10.6. The fourth-order valence-electron chi connectivity index (χ4n) is 1.74. The SMILES string of the molecule is O=C(CCc1nc(-c2ccsc2)no1)Nc1ccc(Cl)cn1. The Morgan fingerprint density at radius 3 is 3.00 bits per heavy atom. The molecule has 1 amide bonds. The Morgan fingerprint density at radius 2 is 2.27 bits per heavy atom. The number of anilines is 1. The summed E-state index contributed by atoms with van der Waals surface area (Å²) < 4.78 is 5.14. The number of carbonyl (C=O) groups is 1. The van der Waals surface area contributed by atoms with Crippen LogP contribution >= 0.6 is 22.9 Å². The predicted molar refractivity (Wildman–Crippen MR) is 83.8 cm³/mol. The molecule has 0 spiro atoms. The van der Waals surface area contributed by atoms with Gasteiger partial charge in [-0.2, -0.15) is 16.3 Å². The van der Waals surface area contributed by atoms with Gasteiger partial charge in [-0.25, -0.2) is 4.98 Å². The number of amides is 1. The van der Waals surface area contributed by atoms with E-state index in [0.29, 0.717) is 29.0 Å². The fraction of sp³-hybridized carbons (Fsp3) is 0.143. The summed E-state index contributed by atoms with van der Waals surface area (Å²) in [4.78, 5) is 20.1. The first kappa shape index (κ1) is 14.7. The van der Waals surface area contributed by atoms with Crippen molar-refractivity contribution in [3.63, 3.8) is 0 Å². The largest absolute Gasteiger partial charge is 0.339 e. The van der Waals surface area contributed by atoms with Crippen molar-refractivity contribution in [3.8, 4) is 11.4 Å². The van der Waals surface area contributed by atoms with Gasteiger partial charge in [0, 0.05) is 30.0 Å². The molecule has 8 heteroatoms. The third kappa shape index (κ3) is 3.69. The topological polar surface area (TPSA) is 80.9 Å². The molecular weight excluding hydrogens is 324 g/mol. The van der Waals surface area contributed by atoms with Crippen LogP contribution in [-0.4, -0.2) is 21.0 Å². The Labute approximate surface area is 135 Å². The Hall–Kier alpha value is -2.25. The van der Waals surface area contributed by atoms with E-state index in [2.05, 4.69) is 20.4 Å². The predicted octanol–water partition coefficient (Wildman–Crippen LogP) is 3.42. The van der Waals surface area contributed by atoms with Crippen LogP contribution in [0.4, 0.5) is 5.82 Å². The lowest BCUT2D eigenvalue weighted by Crippen LogP contribution is -2.13. The summed E-state index contributed by atoms with van der Waals surface area (Å²) in [5, 5.41) is 11.0. The van der Waals surface area contributed by atoms with Crippen LogP contribution in [0.5, 0.6) is 0 Å². The van der Waals surface area contributed by atoms with Crippen LogP contribution in [0, 0.1) is 0 Å². The van der Waals surface area contributed by atoms with Crippen LogP contribution in [0.15, 0.2) is 39.7 Å². The number of nitrogens with one attached hydrogen (secondary N) is 1. The number of nitrogens with zero attached hydrogens (tertiary/aromatic N) is 3. The molecule has 0 bridgehead atoms. The summed E-state index contributed by atoms with van der Waals surface area (Å²) >= 11 is 7.29. The summed E-state index contributed by atoms with van der Waals surface area (Å²) in [6.07, 6.45) is 2.08. The second-order valence-electron chi connectivity index (χ2n) is 4.43. The second-order valence-corrected chi connectivity index (χ2v) is 5.65. The van der Waals surface area contributed by atoms with Crippen LogP contribution < -0.4 is 5.32 Å². The minimum Gasteiger partial charge on any atom is -0.339 e. The van der Waals surface area contributed by atoms with Crippen molar-refractivity contribution in [1.82, 2.24) is 15.1 Å². The van der Waals surface area contributed by atoms with Gasteiger partial charge < -0.3 is 9.84 Å². The van der Waals surface area contributed by atoms with Crippen molar-refractivity contribution < 1.29 is 9.32 Å². The van der Waals surface area contributed by atoms with E-state index >= 15 is 0 Å². The first-order valence-electron chi connectivity index (χ1n) is 6.47. The summed E-state index contributed by atoms with van der Waals surface area (Å²) in [7, 11) is 0. The molecule has 0 unspecified atom stereocenters. The van der Waals surface area contributed by atoms with E-state index in [9.17, 15) is 4.79 Å². The third-order valence-corrected chi connectivity index (χ3v) is 3.72. The van der Waals surface area contributed by atoms with Crippen molar-refractivity contribution >= 4 is 34.7 Å². The molecule has 3 aromatic rings. The van der Waals surface area contributed by atoms with E-state index in [4.69, 9.17) is 16.1 Å². The highest BCUT2D eigenvalue weighted by molar-refractivity contribution is 7.08. The highest BCUT2D eigenvalue weighted by Crippen LogP contribution is 2.19. The number of hydrogen-bond acceptors (Lipinski definition) is 6. The number of rotatable bonds is 5.